The highest BCUT2D eigenvalue weighted by Crippen LogP contribution is 2.27. The first kappa shape index (κ1) is 17.7. The second kappa shape index (κ2) is 7.15. The topological polar surface area (TPSA) is 45.6 Å². The number of benzene rings is 1. The Balaban J connectivity index is 1.64. The summed E-state index contributed by atoms with van der Waals surface area (Å²) in [5.74, 6) is -0.313. The molecule has 140 valence electrons. The number of fused-ring (bicyclic) bond motifs is 1. The van der Waals surface area contributed by atoms with E-state index in [9.17, 15) is 14.0 Å². The van der Waals surface area contributed by atoms with Gasteiger partial charge in [-0.05, 0) is 23.6 Å². The number of amides is 2. The van der Waals surface area contributed by atoms with Crippen molar-refractivity contribution in [3.63, 3.8) is 0 Å². The molecule has 0 N–H and O–H groups in total. The zero-order valence-electron chi connectivity index (χ0n) is 15.0. The molecule has 0 unspecified atom stereocenters. The van der Waals surface area contributed by atoms with Crippen LogP contribution >= 0.6 is 11.3 Å². The summed E-state index contributed by atoms with van der Waals surface area (Å²) in [5.41, 5.74) is 2.06. The summed E-state index contributed by atoms with van der Waals surface area (Å²) < 4.78 is 17.1. The van der Waals surface area contributed by atoms with E-state index in [2.05, 4.69) is 0 Å². The Kier molecular flexibility index (Phi) is 4.70. The molecular formula is C20H20FN3O2S. The molecule has 0 aliphatic carbocycles. The molecule has 2 amide bonds. The van der Waals surface area contributed by atoms with Gasteiger partial charge in [-0.3, -0.25) is 9.59 Å². The Labute approximate surface area is 160 Å². The van der Waals surface area contributed by atoms with Crippen molar-refractivity contribution in [3.8, 4) is 0 Å². The average Bonchev–Trinajstić information content (AvgIpc) is 3.25. The molecule has 3 aromatic rings. The quantitative estimate of drug-likeness (QED) is 0.695. The van der Waals surface area contributed by atoms with Crippen molar-refractivity contribution in [1.29, 1.82) is 0 Å². The predicted octanol–water partition coefficient (Wildman–Crippen LogP) is 3.19. The lowest BCUT2D eigenvalue weighted by Crippen LogP contribution is -2.50. The number of nitrogens with zero attached hydrogens (tertiary/aromatic N) is 3. The Hall–Kier alpha value is -2.67. The molecule has 1 fully saturated rings. The van der Waals surface area contributed by atoms with Crippen LogP contribution in [0.15, 0.2) is 41.8 Å². The lowest BCUT2D eigenvalue weighted by molar-refractivity contribution is -0.130. The normalized spacial score (nSPS) is 14.7. The van der Waals surface area contributed by atoms with E-state index in [-0.39, 0.29) is 17.6 Å². The van der Waals surface area contributed by atoms with E-state index in [0.29, 0.717) is 44.0 Å². The standard InChI is InChI=1S/C20H20FN3O2S/c1-14(25)22-7-9-23(10-8-22)20(26)18-12-19-17(6-11-27-19)24(18)13-15-4-2-3-5-16(15)21/h2-6,11-12H,7-10,13H2,1H3. The number of hydrogen-bond donors (Lipinski definition) is 0. The fourth-order valence-electron chi connectivity index (χ4n) is 3.51. The number of carbonyl (C=O) groups excluding carboxylic acids is 2. The SMILES string of the molecule is CC(=O)N1CCN(C(=O)c2cc3sccc3n2Cc2ccccc2F)CC1. The van der Waals surface area contributed by atoms with Gasteiger partial charge in [0.2, 0.25) is 5.91 Å². The van der Waals surface area contributed by atoms with Gasteiger partial charge in [0.15, 0.2) is 0 Å². The predicted molar refractivity (Wildman–Crippen MR) is 103 cm³/mol. The lowest BCUT2D eigenvalue weighted by Gasteiger charge is -2.34. The minimum atomic E-state index is -0.275. The third-order valence-electron chi connectivity index (χ3n) is 5.04. The van der Waals surface area contributed by atoms with E-state index in [0.717, 1.165) is 10.2 Å². The Morgan fingerprint density at radius 3 is 2.48 bits per heavy atom. The molecule has 1 aliphatic heterocycles. The third-order valence-corrected chi connectivity index (χ3v) is 5.89. The van der Waals surface area contributed by atoms with Crippen molar-refractivity contribution < 1.29 is 14.0 Å². The summed E-state index contributed by atoms with van der Waals surface area (Å²) >= 11 is 1.57. The number of carbonyl (C=O) groups is 2. The summed E-state index contributed by atoms with van der Waals surface area (Å²) in [5, 5.41) is 1.97. The highest BCUT2D eigenvalue weighted by Gasteiger charge is 2.26. The van der Waals surface area contributed by atoms with E-state index >= 15 is 0 Å². The van der Waals surface area contributed by atoms with Crippen LogP contribution in [-0.4, -0.2) is 52.4 Å². The molecule has 0 bridgehead atoms. The number of hydrogen-bond acceptors (Lipinski definition) is 3. The van der Waals surface area contributed by atoms with Gasteiger partial charge < -0.3 is 14.4 Å². The molecule has 7 heteroatoms. The van der Waals surface area contributed by atoms with Crippen LogP contribution in [0.3, 0.4) is 0 Å². The smallest absolute Gasteiger partial charge is 0.270 e. The van der Waals surface area contributed by atoms with Crippen molar-refractivity contribution >= 4 is 33.4 Å². The second-order valence-corrected chi connectivity index (χ2v) is 7.62. The molecule has 3 heterocycles. The van der Waals surface area contributed by atoms with Crippen LogP contribution in [0.25, 0.3) is 10.2 Å². The van der Waals surface area contributed by atoms with Gasteiger partial charge in [0.25, 0.3) is 5.91 Å². The zero-order chi connectivity index (χ0) is 19.0. The number of rotatable bonds is 3. The first-order valence-electron chi connectivity index (χ1n) is 8.89. The maximum atomic E-state index is 14.2. The number of piperazine rings is 1. The molecule has 27 heavy (non-hydrogen) atoms. The van der Waals surface area contributed by atoms with Gasteiger partial charge in [0, 0.05) is 38.7 Å². The first-order chi connectivity index (χ1) is 13.0. The number of thiophene rings is 1. The first-order valence-corrected chi connectivity index (χ1v) is 9.77. The van der Waals surface area contributed by atoms with Crippen LogP contribution in [0.1, 0.15) is 23.0 Å². The molecule has 0 radical (unpaired) electrons. The van der Waals surface area contributed by atoms with Crippen molar-refractivity contribution in [2.24, 2.45) is 0 Å². The fraction of sp³-hybridized carbons (Fsp3) is 0.300. The molecule has 0 atom stereocenters. The summed E-state index contributed by atoms with van der Waals surface area (Å²) in [6.07, 6.45) is 0. The average molecular weight is 385 g/mol. The van der Waals surface area contributed by atoms with Crippen molar-refractivity contribution in [3.05, 3.63) is 58.9 Å². The van der Waals surface area contributed by atoms with Gasteiger partial charge in [-0.25, -0.2) is 4.39 Å². The summed E-state index contributed by atoms with van der Waals surface area (Å²) in [4.78, 5) is 28.2. The number of halogens is 1. The molecule has 0 saturated carbocycles. The van der Waals surface area contributed by atoms with Crippen LogP contribution in [0.5, 0.6) is 0 Å². The lowest BCUT2D eigenvalue weighted by atomic mass is 10.2. The van der Waals surface area contributed by atoms with Crippen LogP contribution < -0.4 is 0 Å². The molecular weight excluding hydrogens is 365 g/mol. The third kappa shape index (κ3) is 3.35. The minimum Gasteiger partial charge on any atom is -0.339 e. The second-order valence-electron chi connectivity index (χ2n) is 6.68. The van der Waals surface area contributed by atoms with Crippen molar-refractivity contribution in [2.45, 2.75) is 13.5 Å². The molecule has 1 aliphatic rings. The fourth-order valence-corrected chi connectivity index (χ4v) is 4.33. The highest BCUT2D eigenvalue weighted by atomic mass is 32.1. The van der Waals surface area contributed by atoms with Gasteiger partial charge in [-0.15, -0.1) is 11.3 Å². The summed E-state index contributed by atoms with van der Waals surface area (Å²) in [6, 6.07) is 10.5. The summed E-state index contributed by atoms with van der Waals surface area (Å²) in [6.45, 7) is 3.97. The molecule has 4 rings (SSSR count). The van der Waals surface area contributed by atoms with E-state index in [1.807, 2.05) is 22.1 Å². The van der Waals surface area contributed by atoms with E-state index in [1.54, 1.807) is 46.3 Å². The van der Waals surface area contributed by atoms with Crippen LogP contribution in [0, 0.1) is 5.82 Å². The Morgan fingerprint density at radius 2 is 1.78 bits per heavy atom. The van der Waals surface area contributed by atoms with Crippen LogP contribution in [0.4, 0.5) is 4.39 Å². The minimum absolute atomic E-state index is 0.0329. The zero-order valence-corrected chi connectivity index (χ0v) is 15.8. The molecule has 0 spiro atoms. The van der Waals surface area contributed by atoms with E-state index in [4.69, 9.17) is 0 Å². The van der Waals surface area contributed by atoms with Crippen molar-refractivity contribution in [1.82, 2.24) is 14.4 Å². The van der Waals surface area contributed by atoms with Gasteiger partial charge in [-0.1, -0.05) is 18.2 Å². The highest BCUT2D eigenvalue weighted by molar-refractivity contribution is 7.17. The van der Waals surface area contributed by atoms with Crippen molar-refractivity contribution in [2.75, 3.05) is 26.2 Å². The Bertz CT molecular complexity index is 1000. The monoisotopic (exact) mass is 385 g/mol. The van der Waals surface area contributed by atoms with Crippen LogP contribution in [0.2, 0.25) is 0 Å². The Morgan fingerprint density at radius 1 is 1.07 bits per heavy atom. The summed E-state index contributed by atoms with van der Waals surface area (Å²) in [7, 11) is 0. The number of aromatic nitrogens is 1. The van der Waals surface area contributed by atoms with Gasteiger partial charge in [-0.2, -0.15) is 0 Å². The van der Waals surface area contributed by atoms with E-state index in [1.165, 1.54) is 6.07 Å². The largest absolute Gasteiger partial charge is 0.339 e. The van der Waals surface area contributed by atoms with E-state index < -0.39 is 0 Å². The van der Waals surface area contributed by atoms with Crippen LogP contribution in [-0.2, 0) is 11.3 Å². The molecule has 5 nitrogen and oxygen atoms in total. The maximum Gasteiger partial charge on any atom is 0.270 e. The molecule has 1 saturated heterocycles. The van der Waals surface area contributed by atoms with Gasteiger partial charge in [0.1, 0.15) is 11.5 Å². The van der Waals surface area contributed by atoms with Gasteiger partial charge in [0.05, 0.1) is 16.8 Å². The van der Waals surface area contributed by atoms with Gasteiger partial charge >= 0.3 is 0 Å². The molecule has 2 aromatic heterocycles. The maximum absolute atomic E-state index is 14.2. The molecule has 1 aromatic carbocycles.